The Hall–Kier alpha value is -1.30. The predicted molar refractivity (Wildman–Crippen MR) is 89.2 cm³/mol. The monoisotopic (exact) mass is 325 g/mol. The normalized spacial score (nSPS) is 25.3. The largest absolute Gasteiger partial charge is 0.449 e. The molecule has 0 spiro atoms. The quantitative estimate of drug-likeness (QED) is 0.828. The smallest absolute Gasteiger partial charge is 0.409 e. The van der Waals surface area contributed by atoms with Crippen LogP contribution in [0.3, 0.4) is 0 Å². The predicted octanol–water partition coefficient (Wildman–Crippen LogP) is 1.89. The maximum atomic E-state index is 12.0. The zero-order chi connectivity index (χ0) is 17.0. The summed E-state index contributed by atoms with van der Waals surface area (Å²) in [5.74, 6) is 0.498. The van der Waals surface area contributed by atoms with E-state index in [0.717, 1.165) is 32.4 Å². The Morgan fingerprint density at radius 2 is 2.00 bits per heavy atom. The molecule has 2 N–H and O–H groups in total. The molecule has 2 fully saturated rings. The van der Waals surface area contributed by atoms with Crippen LogP contribution in [0.2, 0.25) is 0 Å². The average molecular weight is 325 g/mol. The van der Waals surface area contributed by atoms with Crippen LogP contribution in [0.1, 0.15) is 53.4 Å². The van der Waals surface area contributed by atoms with Gasteiger partial charge < -0.3 is 20.3 Å². The fourth-order valence-corrected chi connectivity index (χ4v) is 3.28. The molecule has 132 valence electrons. The van der Waals surface area contributed by atoms with Gasteiger partial charge in [-0.3, -0.25) is 4.79 Å². The molecule has 0 bridgehead atoms. The van der Waals surface area contributed by atoms with Crippen molar-refractivity contribution in [2.45, 2.75) is 71.0 Å². The van der Waals surface area contributed by atoms with Crippen LogP contribution in [-0.2, 0) is 9.53 Å². The SMILES string of the molecule is CC(C)COC(=O)N1CCC(NC2CCC(=O)NC2(C)C)CC1. The van der Waals surface area contributed by atoms with Crippen molar-refractivity contribution in [1.82, 2.24) is 15.5 Å². The maximum Gasteiger partial charge on any atom is 0.409 e. The van der Waals surface area contributed by atoms with E-state index in [1.165, 1.54) is 0 Å². The fraction of sp³-hybridized carbons (Fsp3) is 0.882. The molecule has 23 heavy (non-hydrogen) atoms. The summed E-state index contributed by atoms with van der Waals surface area (Å²) in [4.78, 5) is 25.3. The molecule has 0 aromatic carbocycles. The van der Waals surface area contributed by atoms with E-state index in [9.17, 15) is 9.59 Å². The first-order valence-corrected chi connectivity index (χ1v) is 8.76. The second kappa shape index (κ2) is 7.51. The van der Waals surface area contributed by atoms with Crippen molar-refractivity contribution in [2.24, 2.45) is 5.92 Å². The van der Waals surface area contributed by atoms with E-state index in [4.69, 9.17) is 4.74 Å². The van der Waals surface area contributed by atoms with Gasteiger partial charge in [-0.2, -0.15) is 0 Å². The second-order valence-electron chi connectivity index (χ2n) is 7.76. The summed E-state index contributed by atoms with van der Waals surface area (Å²) in [6.07, 6.45) is 3.12. The van der Waals surface area contributed by atoms with E-state index in [-0.39, 0.29) is 23.6 Å². The number of nitrogens with one attached hydrogen (secondary N) is 2. The number of likely N-dealkylation sites (tertiary alicyclic amines) is 1. The fourth-order valence-electron chi connectivity index (χ4n) is 3.28. The van der Waals surface area contributed by atoms with Crippen LogP contribution in [0.4, 0.5) is 4.79 Å². The molecule has 2 aliphatic rings. The van der Waals surface area contributed by atoms with Gasteiger partial charge in [-0.15, -0.1) is 0 Å². The highest BCUT2D eigenvalue weighted by molar-refractivity contribution is 5.78. The molecule has 0 saturated carbocycles. The highest BCUT2D eigenvalue weighted by Gasteiger charge is 2.37. The van der Waals surface area contributed by atoms with Crippen molar-refractivity contribution in [2.75, 3.05) is 19.7 Å². The van der Waals surface area contributed by atoms with Gasteiger partial charge in [0.25, 0.3) is 0 Å². The first-order chi connectivity index (χ1) is 10.8. The molecular weight excluding hydrogens is 294 g/mol. The number of carbonyl (C=O) groups is 2. The Morgan fingerprint density at radius 3 is 2.57 bits per heavy atom. The molecule has 1 atom stereocenters. The molecular formula is C17H31N3O3. The lowest BCUT2D eigenvalue weighted by molar-refractivity contribution is -0.125. The summed E-state index contributed by atoms with van der Waals surface area (Å²) in [6.45, 7) is 10.2. The first kappa shape index (κ1) is 18.0. The molecule has 2 rings (SSSR count). The Balaban J connectivity index is 1.76. The third kappa shape index (κ3) is 5.09. The second-order valence-corrected chi connectivity index (χ2v) is 7.76. The minimum atomic E-state index is -0.220. The van der Waals surface area contributed by atoms with Crippen LogP contribution in [0, 0.1) is 5.92 Å². The average Bonchev–Trinajstić information content (AvgIpc) is 2.48. The van der Waals surface area contributed by atoms with E-state index in [1.807, 2.05) is 13.8 Å². The van der Waals surface area contributed by atoms with E-state index in [2.05, 4.69) is 24.5 Å². The van der Waals surface area contributed by atoms with Gasteiger partial charge in [0, 0.05) is 37.1 Å². The zero-order valence-corrected chi connectivity index (χ0v) is 14.9. The third-order valence-electron chi connectivity index (χ3n) is 4.72. The Kier molecular flexibility index (Phi) is 5.89. The van der Waals surface area contributed by atoms with Crippen molar-refractivity contribution < 1.29 is 14.3 Å². The molecule has 2 saturated heterocycles. The molecule has 2 aliphatic heterocycles. The molecule has 0 aliphatic carbocycles. The van der Waals surface area contributed by atoms with Gasteiger partial charge in [0.2, 0.25) is 5.91 Å². The van der Waals surface area contributed by atoms with Crippen LogP contribution in [0.25, 0.3) is 0 Å². The van der Waals surface area contributed by atoms with Crippen LogP contribution >= 0.6 is 0 Å². The van der Waals surface area contributed by atoms with Crippen molar-refractivity contribution in [3.05, 3.63) is 0 Å². The lowest BCUT2D eigenvalue weighted by Crippen LogP contribution is -2.63. The van der Waals surface area contributed by atoms with Crippen molar-refractivity contribution >= 4 is 12.0 Å². The first-order valence-electron chi connectivity index (χ1n) is 8.76. The lowest BCUT2D eigenvalue weighted by atomic mass is 9.85. The van der Waals surface area contributed by atoms with Gasteiger partial charge in [-0.1, -0.05) is 13.8 Å². The van der Waals surface area contributed by atoms with E-state index < -0.39 is 0 Å². The molecule has 2 heterocycles. The van der Waals surface area contributed by atoms with Crippen LogP contribution in [0.15, 0.2) is 0 Å². The molecule has 6 heteroatoms. The summed E-state index contributed by atoms with van der Waals surface area (Å²) < 4.78 is 5.29. The van der Waals surface area contributed by atoms with Gasteiger partial charge >= 0.3 is 6.09 Å². The number of carbonyl (C=O) groups excluding carboxylic acids is 2. The summed E-state index contributed by atoms with van der Waals surface area (Å²) in [7, 11) is 0. The van der Waals surface area contributed by atoms with Gasteiger partial charge in [-0.25, -0.2) is 4.79 Å². The van der Waals surface area contributed by atoms with Gasteiger partial charge in [0.1, 0.15) is 0 Å². The van der Waals surface area contributed by atoms with Crippen LogP contribution in [-0.4, -0.2) is 54.2 Å². The standard InChI is InChI=1S/C17H31N3O3/c1-12(2)11-23-16(22)20-9-7-13(8-10-20)18-14-5-6-15(21)19-17(14,3)4/h12-14,18H,5-11H2,1-4H3,(H,19,21). The van der Waals surface area contributed by atoms with Crippen molar-refractivity contribution in [3.63, 3.8) is 0 Å². The number of rotatable bonds is 4. The Bertz CT molecular complexity index is 429. The zero-order valence-electron chi connectivity index (χ0n) is 14.9. The number of nitrogens with zero attached hydrogens (tertiary/aromatic N) is 1. The van der Waals surface area contributed by atoms with E-state index >= 15 is 0 Å². The van der Waals surface area contributed by atoms with Gasteiger partial charge in [-0.05, 0) is 39.0 Å². The number of hydrogen-bond acceptors (Lipinski definition) is 4. The molecule has 0 aromatic heterocycles. The number of amides is 2. The number of ether oxygens (including phenoxy) is 1. The van der Waals surface area contributed by atoms with Gasteiger partial charge in [0.05, 0.1) is 6.61 Å². The summed E-state index contributed by atoms with van der Waals surface area (Å²) in [5.41, 5.74) is -0.220. The third-order valence-corrected chi connectivity index (χ3v) is 4.72. The van der Waals surface area contributed by atoms with Crippen molar-refractivity contribution in [1.29, 1.82) is 0 Å². The number of piperidine rings is 2. The maximum absolute atomic E-state index is 12.0. The van der Waals surface area contributed by atoms with E-state index in [0.29, 0.717) is 25.0 Å². The molecule has 6 nitrogen and oxygen atoms in total. The minimum absolute atomic E-state index is 0.135. The molecule has 0 aromatic rings. The minimum Gasteiger partial charge on any atom is -0.449 e. The number of hydrogen-bond donors (Lipinski definition) is 2. The molecule has 1 unspecified atom stereocenters. The topological polar surface area (TPSA) is 70.7 Å². The van der Waals surface area contributed by atoms with Gasteiger partial charge in [0.15, 0.2) is 0 Å². The van der Waals surface area contributed by atoms with Crippen LogP contribution < -0.4 is 10.6 Å². The summed E-state index contributed by atoms with van der Waals surface area (Å²) >= 11 is 0. The lowest BCUT2D eigenvalue weighted by Gasteiger charge is -2.43. The molecule has 0 radical (unpaired) electrons. The highest BCUT2D eigenvalue weighted by atomic mass is 16.6. The Morgan fingerprint density at radius 1 is 1.35 bits per heavy atom. The highest BCUT2D eigenvalue weighted by Crippen LogP contribution is 2.22. The van der Waals surface area contributed by atoms with Crippen LogP contribution in [0.5, 0.6) is 0 Å². The summed E-state index contributed by atoms with van der Waals surface area (Å²) in [6, 6.07) is 0.674. The Labute approximate surface area is 139 Å². The van der Waals surface area contributed by atoms with E-state index in [1.54, 1.807) is 4.90 Å². The molecule has 2 amide bonds. The summed E-state index contributed by atoms with van der Waals surface area (Å²) in [5, 5.41) is 6.75. The van der Waals surface area contributed by atoms with Crippen molar-refractivity contribution in [3.8, 4) is 0 Å².